The lowest BCUT2D eigenvalue weighted by atomic mass is 9.70. The first-order valence-corrected chi connectivity index (χ1v) is 10.5. The number of halogens is 1. The van der Waals surface area contributed by atoms with E-state index in [1.807, 2.05) is 6.07 Å². The van der Waals surface area contributed by atoms with Gasteiger partial charge in [-0.25, -0.2) is 4.79 Å². The fraction of sp³-hybridized carbons (Fsp3) is 0.421. The van der Waals surface area contributed by atoms with E-state index in [0.29, 0.717) is 0 Å². The van der Waals surface area contributed by atoms with Gasteiger partial charge in [-0.3, -0.25) is 9.00 Å². The third-order valence-corrected chi connectivity index (χ3v) is 6.28. The molecule has 2 rings (SSSR count). The lowest BCUT2D eigenvalue weighted by Crippen LogP contribution is -2.70. The molecule has 0 aliphatic carbocycles. The lowest BCUT2D eigenvalue weighted by Gasteiger charge is -2.48. The van der Waals surface area contributed by atoms with Crippen molar-refractivity contribution in [3.8, 4) is 6.07 Å². The zero-order valence-corrected chi connectivity index (χ0v) is 18.0. The quantitative estimate of drug-likeness (QED) is 0.526. The molecule has 0 saturated heterocycles. The van der Waals surface area contributed by atoms with Crippen molar-refractivity contribution in [1.82, 2.24) is 5.32 Å². The zero-order valence-electron chi connectivity index (χ0n) is 16.5. The smallest absolute Gasteiger partial charge is 0.344 e. The van der Waals surface area contributed by atoms with Gasteiger partial charge in [0, 0.05) is 5.02 Å². The Balaban J connectivity index is 2.78. The summed E-state index contributed by atoms with van der Waals surface area (Å²) < 4.78 is 22.3. The number of carbonyl (C=O) groups excluding carboxylic acids is 2. The fourth-order valence-electron chi connectivity index (χ4n) is 3.24. The van der Waals surface area contributed by atoms with Gasteiger partial charge in [0.25, 0.3) is 0 Å². The van der Waals surface area contributed by atoms with E-state index in [2.05, 4.69) is 5.32 Å². The molecule has 4 unspecified atom stereocenters. The topological polar surface area (TPSA) is 146 Å². The number of rotatable bonds is 6. The monoisotopic (exact) mass is 456 g/mol. The number of hydrogen-bond donors (Lipinski definition) is 3. The van der Waals surface area contributed by atoms with Crippen molar-refractivity contribution in [2.24, 2.45) is 0 Å². The molecule has 0 amide bonds. The van der Waals surface area contributed by atoms with Crippen molar-refractivity contribution in [3.63, 3.8) is 0 Å². The molecule has 1 aromatic carbocycles. The molecule has 0 bridgehead atoms. The summed E-state index contributed by atoms with van der Waals surface area (Å²) in [5, 5.41) is 34.3. The molecule has 0 aromatic heterocycles. The van der Waals surface area contributed by atoms with Crippen LogP contribution >= 0.6 is 11.6 Å². The van der Waals surface area contributed by atoms with E-state index in [4.69, 9.17) is 21.1 Å². The number of nitrogens with zero attached hydrogens (tertiary/aromatic N) is 1. The highest BCUT2D eigenvalue weighted by Crippen LogP contribution is 2.48. The summed E-state index contributed by atoms with van der Waals surface area (Å²) in [5.74, 6) is -4.18. The number of hydrogen-bond acceptors (Lipinski definition) is 9. The van der Waals surface area contributed by atoms with Crippen molar-refractivity contribution in [2.75, 3.05) is 19.5 Å². The van der Waals surface area contributed by atoms with Crippen LogP contribution in [0.4, 0.5) is 0 Å². The van der Waals surface area contributed by atoms with Crippen LogP contribution < -0.4 is 5.32 Å². The average Bonchev–Trinajstić information content (AvgIpc) is 2.69. The summed E-state index contributed by atoms with van der Waals surface area (Å²) in [6, 6.07) is 7.89. The van der Waals surface area contributed by atoms with Gasteiger partial charge in [0.2, 0.25) is 5.60 Å². The molecule has 4 atom stereocenters. The summed E-state index contributed by atoms with van der Waals surface area (Å²) >= 11 is 6.25. The third-order valence-electron chi connectivity index (χ3n) is 4.67. The van der Waals surface area contributed by atoms with Crippen LogP contribution in [0.15, 0.2) is 34.9 Å². The maximum absolute atomic E-state index is 12.8. The van der Waals surface area contributed by atoms with Crippen LogP contribution in [0.25, 0.3) is 0 Å². The predicted octanol–water partition coefficient (Wildman–Crippen LogP) is 0.686. The molecule has 1 aromatic rings. The molecular weight excluding hydrogens is 436 g/mol. The van der Waals surface area contributed by atoms with Gasteiger partial charge >= 0.3 is 11.9 Å². The van der Waals surface area contributed by atoms with Crippen LogP contribution in [0.2, 0.25) is 5.02 Å². The Morgan fingerprint density at radius 1 is 1.37 bits per heavy atom. The summed E-state index contributed by atoms with van der Waals surface area (Å²) in [5.41, 5.74) is -5.37. The third kappa shape index (κ3) is 4.06. The van der Waals surface area contributed by atoms with Crippen molar-refractivity contribution in [1.29, 1.82) is 5.26 Å². The van der Waals surface area contributed by atoms with Crippen LogP contribution in [0, 0.1) is 11.3 Å². The number of nitrogens with one attached hydrogen (secondary N) is 1. The van der Waals surface area contributed by atoms with E-state index >= 15 is 0 Å². The second-order valence-corrected chi connectivity index (χ2v) is 8.35. The SMILES string of the molecule is CCOC(=O)CS(=O)C1=C(C#N)C(c2ccccc2Cl)C(O)(C(=O)OC)C(C)(O)N1. The molecule has 1 heterocycles. The first-order valence-electron chi connectivity index (χ1n) is 8.79. The molecule has 3 N–H and O–H groups in total. The summed E-state index contributed by atoms with van der Waals surface area (Å²) in [6.07, 6.45) is 0. The second kappa shape index (κ2) is 9.14. The Hall–Kier alpha value is -2.45. The highest BCUT2D eigenvalue weighted by Gasteiger charge is 2.64. The maximum Gasteiger partial charge on any atom is 0.344 e. The molecule has 0 saturated carbocycles. The molecule has 11 heteroatoms. The Kier molecular flexibility index (Phi) is 7.26. The summed E-state index contributed by atoms with van der Waals surface area (Å²) in [4.78, 5) is 24.4. The van der Waals surface area contributed by atoms with Crippen molar-refractivity contribution < 1.29 is 33.5 Å². The molecule has 0 fully saturated rings. The van der Waals surface area contributed by atoms with Crippen LogP contribution in [0.1, 0.15) is 25.3 Å². The fourth-order valence-corrected chi connectivity index (χ4v) is 4.65. The van der Waals surface area contributed by atoms with Gasteiger partial charge in [-0.05, 0) is 25.5 Å². The van der Waals surface area contributed by atoms with E-state index in [9.17, 15) is 29.3 Å². The van der Waals surface area contributed by atoms with E-state index in [1.54, 1.807) is 19.1 Å². The van der Waals surface area contributed by atoms with Gasteiger partial charge in [-0.1, -0.05) is 29.8 Å². The van der Waals surface area contributed by atoms with Gasteiger partial charge in [0.1, 0.15) is 10.8 Å². The highest BCUT2D eigenvalue weighted by atomic mass is 35.5. The van der Waals surface area contributed by atoms with Gasteiger partial charge in [0.05, 0.1) is 42.1 Å². The lowest BCUT2D eigenvalue weighted by molar-refractivity contribution is -0.204. The number of benzene rings is 1. The van der Waals surface area contributed by atoms with Gasteiger partial charge in [-0.15, -0.1) is 0 Å². The Morgan fingerprint density at radius 2 is 2.00 bits per heavy atom. The molecule has 30 heavy (non-hydrogen) atoms. The molecule has 0 spiro atoms. The number of ether oxygens (including phenoxy) is 2. The van der Waals surface area contributed by atoms with Gasteiger partial charge < -0.3 is 25.0 Å². The standard InChI is InChI=1S/C19H21ClN2O7S/c1-4-29-14(23)10-30(27)16-12(9-21)15(11-7-5-6-8-13(11)20)19(26,17(24)28-3)18(2,25)22-16/h5-8,15,22,25-26H,4,10H2,1-3H3. The van der Waals surface area contributed by atoms with Crippen LogP contribution in [-0.2, 0) is 29.9 Å². The predicted molar refractivity (Wildman–Crippen MR) is 107 cm³/mol. The number of carbonyl (C=O) groups is 2. The van der Waals surface area contributed by atoms with Gasteiger partial charge in [-0.2, -0.15) is 5.26 Å². The van der Waals surface area contributed by atoms with Crippen LogP contribution in [0.5, 0.6) is 0 Å². The molecule has 9 nitrogen and oxygen atoms in total. The zero-order chi connectivity index (χ0) is 22.7. The van der Waals surface area contributed by atoms with E-state index in [0.717, 1.165) is 14.0 Å². The number of methoxy groups -OCH3 is 1. The first kappa shape index (κ1) is 23.8. The normalized spacial score (nSPS) is 26.9. The minimum absolute atomic E-state index is 0.0652. The van der Waals surface area contributed by atoms with Crippen LogP contribution in [-0.4, -0.2) is 57.2 Å². The Labute approximate surface area is 180 Å². The van der Waals surface area contributed by atoms with Crippen LogP contribution in [0.3, 0.4) is 0 Å². The number of nitriles is 1. The Morgan fingerprint density at radius 3 is 2.53 bits per heavy atom. The number of esters is 2. The van der Waals surface area contributed by atoms with Crippen molar-refractivity contribution in [3.05, 3.63) is 45.5 Å². The molecule has 1 aliphatic heterocycles. The van der Waals surface area contributed by atoms with E-state index < -0.39 is 45.7 Å². The largest absolute Gasteiger partial charge is 0.467 e. The average molecular weight is 457 g/mol. The summed E-state index contributed by atoms with van der Waals surface area (Å²) in [6.45, 7) is 2.70. The van der Waals surface area contributed by atoms with Crippen molar-refractivity contribution >= 4 is 34.3 Å². The Bertz CT molecular complexity index is 956. The van der Waals surface area contributed by atoms with Crippen molar-refractivity contribution in [2.45, 2.75) is 31.1 Å². The first-order chi connectivity index (χ1) is 14.0. The highest BCUT2D eigenvalue weighted by molar-refractivity contribution is 7.89. The summed E-state index contributed by atoms with van der Waals surface area (Å²) in [7, 11) is -1.15. The maximum atomic E-state index is 12.8. The number of aliphatic hydroxyl groups is 2. The van der Waals surface area contributed by atoms with Gasteiger partial charge in [0.15, 0.2) is 5.72 Å². The second-order valence-electron chi connectivity index (χ2n) is 6.56. The molecule has 1 aliphatic rings. The molecule has 0 radical (unpaired) electrons. The van der Waals surface area contributed by atoms with E-state index in [-0.39, 0.29) is 27.8 Å². The van der Waals surface area contributed by atoms with E-state index in [1.165, 1.54) is 12.1 Å². The minimum Gasteiger partial charge on any atom is -0.467 e. The molecular formula is C19H21ClN2O7S. The minimum atomic E-state index is -2.71. The molecule has 162 valence electrons.